The molecule has 0 heterocycles. The Morgan fingerprint density at radius 3 is 1.83 bits per heavy atom. The van der Waals surface area contributed by atoms with Gasteiger partial charge in [0.2, 0.25) is 0 Å². The fraction of sp³-hybridized carbons (Fsp3) is 0.526. The van der Waals surface area contributed by atoms with Crippen molar-refractivity contribution in [3.63, 3.8) is 0 Å². The molecule has 4 nitrogen and oxygen atoms in total. The minimum atomic E-state index is -1.63. The predicted octanol–water partition coefficient (Wildman–Crippen LogP) is 3.41. The number of carboxylic acid groups (broad SMARTS) is 1. The highest BCUT2D eigenvalue weighted by molar-refractivity contribution is 6.11. The van der Waals surface area contributed by atoms with Crippen LogP contribution in [0.3, 0.4) is 0 Å². The minimum absolute atomic E-state index is 0.00393. The van der Waals surface area contributed by atoms with Crippen LogP contribution in [-0.2, 0) is 26.2 Å². The molecule has 0 aliphatic carbocycles. The lowest BCUT2D eigenvalue weighted by Gasteiger charge is -2.30. The van der Waals surface area contributed by atoms with Gasteiger partial charge in [-0.05, 0) is 43.7 Å². The minimum Gasteiger partial charge on any atom is -0.480 e. The Morgan fingerprint density at radius 2 is 1.48 bits per heavy atom. The maximum Gasteiger partial charge on any atom is 0.317 e. The summed E-state index contributed by atoms with van der Waals surface area (Å²) in [6.07, 6.45) is 0.572. The van der Waals surface area contributed by atoms with Crippen LogP contribution in [0.15, 0.2) is 24.3 Å². The van der Waals surface area contributed by atoms with Crippen LogP contribution in [0.4, 0.5) is 0 Å². The largest absolute Gasteiger partial charge is 0.480 e. The van der Waals surface area contributed by atoms with Gasteiger partial charge in [0.1, 0.15) is 11.7 Å². The number of carbonyl (C=O) groups is 3. The van der Waals surface area contributed by atoms with Gasteiger partial charge in [0.25, 0.3) is 0 Å². The Hall–Kier alpha value is -1.97. The molecular weight excluding hydrogens is 292 g/mol. The van der Waals surface area contributed by atoms with E-state index >= 15 is 0 Å². The van der Waals surface area contributed by atoms with Gasteiger partial charge in [-0.15, -0.1) is 0 Å². The third-order valence-electron chi connectivity index (χ3n) is 4.23. The quantitative estimate of drug-likeness (QED) is 0.644. The van der Waals surface area contributed by atoms with Crippen LogP contribution < -0.4 is 0 Å². The molecule has 0 aromatic heterocycles. The monoisotopic (exact) mass is 318 g/mol. The molecule has 0 saturated carbocycles. The number of aliphatic carboxylic acids is 1. The third-order valence-corrected chi connectivity index (χ3v) is 4.23. The number of hydrogen-bond donors (Lipinski definition) is 1. The molecule has 126 valence electrons. The smallest absolute Gasteiger partial charge is 0.317 e. The highest BCUT2D eigenvalue weighted by atomic mass is 16.4. The third kappa shape index (κ3) is 4.06. The van der Waals surface area contributed by atoms with E-state index in [1.807, 2.05) is 24.3 Å². The highest BCUT2D eigenvalue weighted by Crippen LogP contribution is 2.33. The second-order valence-electron chi connectivity index (χ2n) is 7.93. The first-order valence-corrected chi connectivity index (χ1v) is 7.68. The summed E-state index contributed by atoms with van der Waals surface area (Å²) in [6, 6.07) is 7.60. The first-order chi connectivity index (χ1) is 10.3. The predicted molar refractivity (Wildman–Crippen MR) is 89.4 cm³/mol. The van der Waals surface area contributed by atoms with E-state index in [2.05, 4.69) is 20.8 Å². The van der Waals surface area contributed by atoms with Crippen molar-refractivity contribution in [2.45, 2.75) is 53.4 Å². The van der Waals surface area contributed by atoms with Crippen molar-refractivity contribution in [2.24, 2.45) is 10.8 Å². The lowest BCUT2D eigenvalue weighted by atomic mass is 9.70. The summed E-state index contributed by atoms with van der Waals surface area (Å²) < 4.78 is 0. The molecule has 23 heavy (non-hydrogen) atoms. The number of Topliss-reactive ketones (excluding diaryl/α,β-unsaturated/α-hetero) is 1. The molecule has 1 N–H and O–H groups in total. The van der Waals surface area contributed by atoms with Crippen LogP contribution in [-0.4, -0.2) is 23.1 Å². The molecule has 0 bridgehead atoms. The molecule has 1 aromatic rings. The topological polar surface area (TPSA) is 71.4 Å². The maximum atomic E-state index is 12.6. The summed E-state index contributed by atoms with van der Waals surface area (Å²) in [5.41, 5.74) is -1.05. The van der Waals surface area contributed by atoms with Gasteiger partial charge in [0.05, 0.1) is 5.41 Å². The average Bonchev–Trinajstić information content (AvgIpc) is 2.45. The van der Waals surface area contributed by atoms with E-state index in [4.69, 9.17) is 0 Å². The molecule has 1 atom stereocenters. The van der Waals surface area contributed by atoms with E-state index in [0.29, 0.717) is 6.29 Å². The summed E-state index contributed by atoms with van der Waals surface area (Å²) >= 11 is 0. The number of rotatable bonds is 6. The zero-order valence-corrected chi connectivity index (χ0v) is 14.8. The van der Waals surface area contributed by atoms with Gasteiger partial charge in [0.15, 0.2) is 5.78 Å². The average molecular weight is 318 g/mol. The van der Waals surface area contributed by atoms with Gasteiger partial charge in [-0.2, -0.15) is 0 Å². The van der Waals surface area contributed by atoms with Crippen LogP contribution in [0.2, 0.25) is 0 Å². The Balaban J connectivity index is 3.17. The van der Waals surface area contributed by atoms with E-state index < -0.39 is 22.6 Å². The fourth-order valence-electron chi connectivity index (χ4n) is 2.55. The van der Waals surface area contributed by atoms with Crippen molar-refractivity contribution in [3.8, 4) is 0 Å². The SMILES string of the molecule is CC(C)(C=O)C(=O)C(C)(Cc1ccc(C(C)(C)C)cc1)C(=O)O. The van der Waals surface area contributed by atoms with Gasteiger partial charge < -0.3 is 9.90 Å². The fourth-order valence-corrected chi connectivity index (χ4v) is 2.55. The van der Waals surface area contributed by atoms with Gasteiger partial charge in [-0.1, -0.05) is 45.0 Å². The standard InChI is InChI=1S/C19H26O4/c1-17(2,3)14-9-7-13(8-10-14)11-19(6,16(22)23)15(21)18(4,5)12-20/h7-10,12H,11H2,1-6H3,(H,22,23). The highest BCUT2D eigenvalue weighted by Gasteiger charge is 2.47. The molecule has 0 aliphatic rings. The van der Waals surface area contributed by atoms with Crippen molar-refractivity contribution >= 4 is 18.0 Å². The van der Waals surface area contributed by atoms with E-state index in [1.54, 1.807) is 0 Å². The molecule has 0 fully saturated rings. The van der Waals surface area contributed by atoms with Crippen molar-refractivity contribution in [3.05, 3.63) is 35.4 Å². The molecule has 1 aromatic carbocycles. The first-order valence-electron chi connectivity index (χ1n) is 7.68. The lowest BCUT2D eigenvalue weighted by Crippen LogP contribution is -2.46. The van der Waals surface area contributed by atoms with E-state index in [9.17, 15) is 19.5 Å². The molecule has 0 radical (unpaired) electrons. The number of aldehydes is 1. The van der Waals surface area contributed by atoms with Gasteiger partial charge >= 0.3 is 5.97 Å². The van der Waals surface area contributed by atoms with Crippen molar-refractivity contribution in [1.82, 2.24) is 0 Å². The summed E-state index contributed by atoms with van der Waals surface area (Å²) in [7, 11) is 0. The van der Waals surface area contributed by atoms with Gasteiger partial charge in [-0.3, -0.25) is 9.59 Å². The number of ketones is 1. The first kappa shape index (κ1) is 19.1. The second kappa shape index (κ2) is 6.26. The van der Waals surface area contributed by atoms with E-state index in [-0.39, 0.29) is 11.8 Å². The Bertz CT molecular complexity index is 605. The molecular formula is C19H26O4. The number of carbonyl (C=O) groups excluding carboxylic acids is 2. The molecule has 0 amide bonds. The molecule has 1 unspecified atom stereocenters. The normalized spacial score (nSPS) is 14.9. The van der Waals surface area contributed by atoms with Crippen LogP contribution in [0, 0.1) is 10.8 Å². The van der Waals surface area contributed by atoms with E-state index in [0.717, 1.165) is 11.1 Å². The molecule has 0 spiro atoms. The number of benzene rings is 1. The summed E-state index contributed by atoms with van der Waals surface area (Å²) in [5, 5.41) is 9.57. The van der Waals surface area contributed by atoms with Gasteiger partial charge in [-0.25, -0.2) is 0 Å². The Labute approximate surface area is 137 Å². The second-order valence-corrected chi connectivity index (χ2v) is 7.93. The Morgan fingerprint density at radius 1 is 1.00 bits per heavy atom. The molecule has 1 rings (SSSR count). The summed E-state index contributed by atoms with van der Waals surface area (Å²) in [4.78, 5) is 35.4. The van der Waals surface area contributed by atoms with E-state index in [1.165, 1.54) is 20.8 Å². The zero-order valence-electron chi connectivity index (χ0n) is 14.8. The molecule has 4 heteroatoms. The van der Waals surface area contributed by atoms with Crippen LogP contribution >= 0.6 is 0 Å². The van der Waals surface area contributed by atoms with Crippen molar-refractivity contribution in [2.75, 3.05) is 0 Å². The van der Waals surface area contributed by atoms with Crippen LogP contribution in [0.5, 0.6) is 0 Å². The maximum absolute atomic E-state index is 12.6. The van der Waals surface area contributed by atoms with Crippen LogP contribution in [0.1, 0.15) is 52.7 Å². The van der Waals surface area contributed by atoms with Gasteiger partial charge in [0, 0.05) is 0 Å². The van der Waals surface area contributed by atoms with Crippen molar-refractivity contribution < 1.29 is 19.5 Å². The summed E-state index contributed by atoms with van der Waals surface area (Å²) in [5.74, 6) is -1.79. The zero-order chi connectivity index (χ0) is 18.1. The van der Waals surface area contributed by atoms with Crippen molar-refractivity contribution in [1.29, 1.82) is 0 Å². The summed E-state index contributed by atoms with van der Waals surface area (Å²) in [6.45, 7) is 10.6. The van der Waals surface area contributed by atoms with Crippen LogP contribution in [0.25, 0.3) is 0 Å². The Kier molecular flexibility index (Phi) is 5.20. The molecule has 0 aliphatic heterocycles. The number of carboxylic acids is 1. The number of hydrogen-bond acceptors (Lipinski definition) is 3. The molecule has 0 saturated heterocycles. The lowest BCUT2D eigenvalue weighted by molar-refractivity contribution is -0.157.